The Kier molecular flexibility index (Phi) is 4.62. The van der Waals surface area contributed by atoms with E-state index >= 15 is 0 Å². The van der Waals surface area contributed by atoms with Gasteiger partial charge >= 0.3 is 0 Å². The summed E-state index contributed by atoms with van der Waals surface area (Å²) in [6.07, 6.45) is 4.93. The van der Waals surface area contributed by atoms with Crippen molar-refractivity contribution in [1.29, 1.82) is 0 Å². The zero-order chi connectivity index (χ0) is 15.5. The van der Waals surface area contributed by atoms with Gasteiger partial charge in [-0.05, 0) is 49.9 Å². The first kappa shape index (κ1) is 15.3. The maximum Gasteiger partial charge on any atom is 0.225 e. The molecule has 120 valence electrons. The summed E-state index contributed by atoms with van der Waals surface area (Å²) in [4.78, 5) is 14.2. The minimum atomic E-state index is -0.288. The standard InChI is InChI=1S/C17H23FN2O2/c1-20(15-10-13-4-5-14(11-15)19-13)17(21)8-9-22-16-6-2-12(18)3-7-16/h2-3,6-7,13-15,19H,4-5,8-11H2,1H3. The van der Waals surface area contributed by atoms with Crippen molar-refractivity contribution < 1.29 is 13.9 Å². The number of amides is 1. The third-order valence-electron chi connectivity index (χ3n) is 4.79. The first-order chi connectivity index (χ1) is 10.6. The van der Waals surface area contributed by atoms with Crippen molar-refractivity contribution in [3.05, 3.63) is 30.1 Å². The molecule has 2 heterocycles. The van der Waals surface area contributed by atoms with Crippen molar-refractivity contribution in [2.45, 2.75) is 50.2 Å². The minimum Gasteiger partial charge on any atom is -0.493 e. The molecule has 0 spiro atoms. The third kappa shape index (κ3) is 3.58. The molecule has 2 aliphatic heterocycles. The van der Waals surface area contributed by atoms with Crippen LogP contribution < -0.4 is 10.1 Å². The van der Waals surface area contributed by atoms with Crippen LogP contribution in [0.5, 0.6) is 5.75 Å². The van der Waals surface area contributed by atoms with Crippen LogP contribution in [0.4, 0.5) is 4.39 Å². The molecule has 0 aliphatic carbocycles. The van der Waals surface area contributed by atoms with Crippen LogP contribution in [0.25, 0.3) is 0 Å². The lowest BCUT2D eigenvalue weighted by molar-refractivity contribution is -0.133. The average Bonchev–Trinajstić information content (AvgIpc) is 2.86. The van der Waals surface area contributed by atoms with Crippen LogP contribution >= 0.6 is 0 Å². The zero-order valence-electron chi connectivity index (χ0n) is 12.9. The molecule has 0 aromatic heterocycles. The monoisotopic (exact) mass is 306 g/mol. The normalized spacial score (nSPS) is 26.7. The number of rotatable bonds is 5. The Morgan fingerprint density at radius 3 is 2.55 bits per heavy atom. The van der Waals surface area contributed by atoms with Crippen LogP contribution in [0.3, 0.4) is 0 Å². The van der Waals surface area contributed by atoms with Crippen molar-refractivity contribution in [3.63, 3.8) is 0 Å². The maximum atomic E-state index is 12.8. The Hall–Kier alpha value is -1.62. The van der Waals surface area contributed by atoms with E-state index in [0.717, 1.165) is 12.8 Å². The van der Waals surface area contributed by atoms with E-state index in [1.165, 1.54) is 25.0 Å². The Bertz CT molecular complexity index is 508. The van der Waals surface area contributed by atoms with E-state index in [9.17, 15) is 9.18 Å². The second-order valence-electron chi connectivity index (χ2n) is 6.32. The van der Waals surface area contributed by atoms with Gasteiger partial charge in [-0.2, -0.15) is 0 Å². The largest absolute Gasteiger partial charge is 0.493 e. The number of hydrogen-bond donors (Lipinski definition) is 1. The molecule has 1 N–H and O–H groups in total. The molecule has 4 nitrogen and oxygen atoms in total. The molecule has 5 heteroatoms. The summed E-state index contributed by atoms with van der Waals surface area (Å²) >= 11 is 0. The van der Waals surface area contributed by atoms with E-state index in [4.69, 9.17) is 4.74 Å². The number of hydrogen-bond acceptors (Lipinski definition) is 3. The first-order valence-corrected chi connectivity index (χ1v) is 8.02. The molecule has 2 bridgehead atoms. The van der Waals surface area contributed by atoms with Crippen LogP contribution in [0, 0.1) is 5.82 Å². The second kappa shape index (κ2) is 6.65. The average molecular weight is 306 g/mol. The molecule has 2 saturated heterocycles. The molecule has 0 saturated carbocycles. The van der Waals surface area contributed by atoms with Crippen molar-refractivity contribution in [2.75, 3.05) is 13.7 Å². The van der Waals surface area contributed by atoms with Gasteiger partial charge in [0.25, 0.3) is 0 Å². The smallest absolute Gasteiger partial charge is 0.225 e. The van der Waals surface area contributed by atoms with Gasteiger partial charge in [0.1, 0.15) is 11.6 Å². The highest BCUT2D eigenvalue weighted by Gasteiger charge is 2.36. The number of nitrogens with zero attached hydrogens (tertiary/aromatic N) is 1. The minimum absolute atomic E-state index is 0.119. The number of carbonyl (C=O) groups is 1. The molecule has 1 amide bonds. The summed E-state index contributed by atoms with van der Waals surface area (Å²) in [5.74, 6) is 0.425. The van der Waals surface area contributed by atoms with Crippen LogP contribution in [-0.2, 0) is 4.79 Å². The number of piperidine rings is 1. The van der Waals surface area contributed by atoms with Crippen LogP contribution in [-0.4, -0.2) is 42.6 Å². The number of ether oxygens (including phenoxy) is 1. The Morgan fingerprint density at radius 2 is 1.91 bits per heavy atom. The van der Waals surface area contributed by atoms with Gasteiger partial charge in [0, 0.05) is 25.2 Å². The Labute approximate surface area is 130 Å². The highest BCUT2D eigenvalue weighted by Crippen LogP contribution is 2.29. The molecule has 2 unspecified atom stereocenters. The van der Waals surface area contributed by atoms with Crippen LogP contribution in [0.15, 0.2) is 24.3 Å². The molecule has 2 aliphatic rings. The van der Waals surface area contributed by atoms with Crippen molar-refractivity contribution in [1.82, 2.24) is 10.2 Å². The molecule has 2 atom stereocenters. The predicted octanol–water partition coefficient (Wildman–Crippen LogP) is 2.34. The fraction of sp³-hybridized carbons (Fsp3) is 0.588. The highest BCUT2D eigenvalue weighted by molar-refractivity contribution is 5.76. The number of nitrogens with one attached hydrogen (secondary N) is 1. The van der Waals surface area contributed by atoms with Crippen LogP contribution in [0.2, 0.25) is 0 Å². The molecular weight excluding hydrogens is 283 g/mol. The first-order valence-electron chi connectivity index (χ1n) is 8.02. The van der Waals surface area contributed by atoms with Gasteiger partial charge in [-0.1, -0.05) is 0 Å². The van der Waals surface area contributed by atoms with E-state index in [2.05, 4.69) is 5.32 Å². The van der Waals surface area contributed by atoms with Gasteiger partial charge < -0.3 is 15.0 Å². The van der Waals surface area contributed by atoms with E-state index in [-0.39, 0.29) is 11.7 Å². The molecular formula is C17H23FN2O2. The number of benzene rings is 1. The Morgan fingerprint density at radius 1 is 1.27 bits per heavy atom. The van der Waals surface area contributed by atoms with E-state index in [0.29, 0.717) is 36.9 Å². The van der Waals surface area contributed by atoms with E-state index < -0.39 is 0 Å². The maximum absolute atomic E-state index is 12.8. The molecule has 22 heavy (non-hydrogen) atoms. The van der Waals surface area contributed by atoms with Gasteiger partial charge in [0.15, 0.2) is 0 Å². The fourth-order valence-corrected chi connectivity index (χ4v) is 3.51. The molecule has 1 aromatic carbocycles. The van der Waals surface area contributed by atoms with Gasteiger partial charge in [0.05, 0.1) is 13.0 Å². The number of fused-ring (bicyclic) bond motifs is 2. The van der Waals surface area contributed by atoms with Crippen LogP contribution in [0.1, 0.15) is 32.1 Å². The summed E-state index contributed by atoms with van der Waals surface area (Å²) in [5.41, 5.74) is 0. The lowest BCUT2D eigenvalue weighted by Gasteiger charge is -2.35. The van der Waals surface area contributed by atoms with E-state index in [1.54, 1.807) is 12.1 Å². The van der Waals surface area contributed by atoms with Gasteiger partial charge in [-0.3, -0.25) is 4.79 Å². The molecule has 2 fully saturated rings. The fourth-order valence-electron chi connectivity index (χ4n) is 3.51. The topological polar surface area (TPSA) is 41.6 Å². The summed E-state index contributed by atoms with van der Waals surface area (Å²) < 4.78 is 18.3. The molecule has 1 aromatic rings. The zero-order valence-corrected chi connectivity index (χ0v) is 12.9. The van der Waals surface area contributed by atoms with Gasteiger partial charge in [-0.25, -0.2) is 4.39 Å². The Balaban J connectivity index is 1.44. The molecule has 3 rings (SSSR count). The summed E-state index contributed by atoms with van der Waals surface area (Å²) in [7, 11) is 1.90. The van der Waals surface area contributed by atoms with Gasteiger partial charge in [-0.15, -0.1) is 0 Å². The van der Waals surface area contributed by atoms with E-state index in [1.807, 2.05) is 11.9 Å². The second-order valence-corrected chi connectivity index (χ2v) is 6.32. The predicted molar refractivity (Wildman–Crippen MR) is 82.2 cm³/mol. The summed E-state index contributed by atoms with van der Waals surface area (Å²) in [6, 6.07) is 7.37. The number of halogens is 1. The quantitative estimate of drug-likeness (QED) is 0.908. The van der Waals surface area contributed by atoms with Crippen molar-refractivity contribution >= 4 is 5.91 Å². The lowest BCUT2D eigenvalue weighted by Crippen LogP contribution is -2.48. The highest BCUT2D eigenvalue weighted by atomic mass is 19.1. The SMILES string of the molecule is CN(C(=O)CCOc1ccc(F)cc1)C1CC2CCC(C1)N2. The van der Waals surface area contributed by atoms with Gasteiger partial charge in [0.2, 0.25) is 5.91 Å². The summed E-state index contributed by atoms with van der Waals surface area (Å²) in [5, 5.41) is 3.59. The van der Waals surface area contributed by atoms with Crippen molar-refractivity contribution in [3.8, 4) is 5.75 Å². The van der Waals surface area contributed by atoms with Crippen molar-refractivity contribution in [2.24, 2.45) is 0 Å². The summed E-state index contributed by atoms with van der Waals surface area (Å²) in [6.45, 7) is 0.326. The molecule has 0 radical (unpaired) electrons. The third-order valence-corrected chi connectivity index (χ3v) is 4.79. The lowest BCUT2D eigenvalue weighted by atomic mass is 9.98. The number of carbonyl (C=O) groups excluding carboxylic acids is 1.